The molecule has 0 aliphatic carbocycles. The molecule has 2 aliphatic rings. The number of piperidine rings is 1. The lowest BCUT2D eigenvalue weighted by Gasteiger charge is -2.28. The van der Waals surface area contributed by atoms with Gasteiger partial charge in [0.25, 0.3) is 5.91 Å². The van der Waals surface area contributed by atoms with Crippen molar-refractivity contribution in [3.63, 3.8) is 0 Å². The number of benzene rings is 1. The largest absolute Gasteiger partial charge is 0.435 e. The van der Waals surface area contributed by atoms with Gasteiger partial charge in [-0.3, -0.25) is 14.5 Å². The molecule has 2 fully saturated rings. The van der Waals surface area contributed by atoms with E-state index in [9.17, 15) is 23.2 Å². The van der Waals surface area contributed by atoms with Gasteiger partial charge in [-0.1, -0.05) is 12.1 Å². The SMILES string of the molecule is CC1(c2ccc(OC(F)F)cc2)NC(=O)N(CC(=O)N2CCCCC2)C1=O. The van der Waals surface area contributed by atoms with Gasteiger partial charge in [0.15, 0.2) is 0 Å². The van der Waals surface area contributed by atoms with E-state index in [1.165, 1.54) is 31.2 Å². The van der Waals surface area contributed by atoms with Crippen molar-refractivity contribution in [2.75, 3.05) is 19.6 Å². The third-order valence-electron chi connectivity index (χ3n) is 4.93. The van der Waals surface area contributed by atoms with Crippen molar-refractivity contribution in [3.05, 3.63) is 29.8 Å². The van der Waals surface area contributed by atoms with Crippen molar-refractivity contribution < 1.29 is 27.9 Å². The summed E-state index contributed by atoms with van der Waals surface area (Å²) in [4.78, 5) is 40.1. The Morgan fingerprint density at radius 3 is 2.41 bits per heavy atom. The van der Waals surface area contributed by atoms with Gasteiger partial charge in [-0.25, -0.2) is 4.79 Å². The molecule has 1 N–H and O–H groups in total. The van der Waals surface area contributed by atoms with E-state index in [-0.39, 0.29) is 18.2 Å². The van der Waals surface area contributed by atoms with Crippen molar-refractivity contribution in [1.29, 1.82) is 0 Å². The second-order valence-corrected chi connectivity index (χ2v) is 6.79. The molecule has 0 spiro atoms. The van der Waals surface area contributed by atoms with Crippen LogP contribution in [0.5, 0.6) is 5.75 Å². The average molecular weight is 381 g/mol. The number of ether oxygens (including phenoxy) is 1. The molecule has 3 rings (SSSR count). The maximum atomic E-state index is 12.8. The Labute approximate surface area is 155 Å². The van der Waals surface area contributed by atoms with Crippen LogP contribution in [0.4, 0.5) is 13.6 Å². The molecule has 2 aliphatic heterocycles. The Balaban J connectivity index is 1.72. The van der Waals surface area contributed by atoms with Crippen LogP contribution in [0.1, 0.15) is 31.7 Å². The summed E-state index contributed by atoms with van der Waals surface area (Å²) in [6.45, 7) is -0.485. The number of hydrogen-bond acceptors (Lipinski definition) is 4. The molecule has 0 radical (unpaired) electrons. The van der Waals surface area contributed by atoms with Crippen LogP contribution in [-0.4, -0.2) is 53.9 Å². The fraction of sp³-hybridized carbons (Fsp3) is 0.500. The highest BCUT2D eigenvalue weighted by Gasteiger charge is 2.49. The van der Waals surface area contributed by atoms with Crippen LogP contribution >= 0.6 is 0 Å². The first kappa shape index (κ1) is 19.1. The minimum Gasteiger partial charge on any atom is -0.435 e. The zero-order chi connectivity index (χ0) is 19.6. The number of amides is 4. The van der Waals surface area contributed by atoms with Crippen LogP contribution in [0.3, 0.4) is 0 Å². The van der Waals surface area contributed by atoms with Gasteiger partial charge in [0, 0.05) is 13.1 Å². The van der Waals surface area contributed by atoms with E-state index in [4.69, 9.17) is 0 Å². The minimum atomic E-state index is -2.95. The van der Waals surface area contributed by atoms with Crippen LogP contribution in [0.15, 0.2) is 24.3 Å². The minimum absolute atomic E-state index is 0.0498. The first-order chi connectivity index (χ1) is 12.8. The van der Waals surface area contributed by atoms with Gasteiger partial charge in [0.2, 0.25) is 5.91 Å². The summed E-state index contributed by atoms with van der Waals surface area (Å²) in [5, 5.41) is 2.59. The lowest BCUT2D eigenvalue weighted by molar-refractivity contribution is -0.139. The summed E-state index contributed by atoms with van der Waals surface area (Å²) in [5.41, 5.74) is -0.960. The normalized spacial score (nSPS) is 23.0. The van der Waals surface area contributed by atoms with Gasteiger partial charge in [0.1, 0.15) is 17.8 Å². The number of hydrogen-bond donors (Lipinski definition) is 1. The van der Waals surface area contributed by atoms with E-state index in [1.807, 2.05) is 0 Å². The van der Waals surface area contributed by atoms with Crippen molar-refractivity contribution in [3.8, 4) is 5.75 Å². The quantitative estimate of drug-likeness (QED) is 0.792. The number of carbonyl (C=O) groups excluding carboxylic acids is 3. The number of urea groups is 1. The van der Waals surface area contributed by atoms with Crippen molar-refractivity contribution in [1.82, 2.24) is 15.1 Å². The highest BCUT2D eigenvalue weighted by Crippen LogP contribution is 2.30. The Kier molecular flexibility index (Phi) is 5.29. The van der Waals surface area contributed by atoms with E-state index < -0.39 is 24.1 Å². The predicted octanol–water partition coefficient (Wildman–Crippen LogP) is 2.07. The third-order valence-corrected chi connectivity index (χ3v) is 4.93. The number of nitrogens with one attached hydrogen (secondary N) is 1. The van der Waals surface area contributed by atoms with E-state index in [2.05, 4.69) is 10.1 Å². The van der Waals surface area contributed by atoms with E-state index in [0.29, 0.717) is 18.7 Å². The van der Waals surface area contributed by atoms with Crippen LogP contribution in [0, 0.1) is 0 Å². The maximum Gasteiger partial charge on any atom is 0.387 e. The number of halogens is 2. The Morgan fingerprint density at radius 1 is 1.19 bits per heavy atom. The second kappa shape index (κ2) is 7.50. The zero-order valence-corrected chi connectivity index (χ0v) is 14.9. The molecule has 27 heavy (non-hydrogen) atoms. The fourth-order valence-electron chi connectivity index (χ4n) is 3.38. The Bertz CT molecular complexity index is 735. The lowest BCUT2D eigenvalue weighted by atomic mass is 9.92. The number of likely N-dealkylation sites (tertiary alicyclic amines) is 1. The molecule has 9 heteroatoms. The molecular formula is C18H21F2N3O4. The summed E-state index contributed by atoms with van der Waals surface area (Å²) in [7, 11) is 0. The highest BCUT2D eigenvalue weighted by molar-refractivity contribution is 6.09. The number of imide groups is 1. The average Bonchev–Trinajstić information content (AvgIpc) is 2.86. The van der Waals surface area contributed by atoms with Gasteiger partial charge in [-0.2, -0.15) is 8.78 Å². The first-order valence-electron chi connectivity index (χ1n) is 8.78. The van der Waals surface area contributed by atoms with E-state index in [0.717, 1.165) is 24.2 Å². The first-order valence-corrected chi connectivity index (χ1v) is 8.78. The number of rotatable bonds is 5. The van der Waals surface area contributed by atoms with Crippen LogP contribution < -0.4 is 10.1 Å². The second-order valence-electron chi connectivity index (χ2n) is 6.79. The van der Waals surface area contributed by atoms with Gasteiger partial charge in [-0.05, 0) is 43.9 Å². The smallest absolute Gasteiger partial charge is 0.387 e. The highest BCUT2D eigenvalue weighted by atomic mass is 19.3. The summed E-state index contributed by atoms with van der Waals surface area (Å²) in [6, 6.07) is 4.82. The number of alkyl halides is 2. The summed E-state index contributed by atoms with van der Waals surface area (Å²) in [5.74, 6) is -0.866. The van der Waals surface area contributed by atoms with Gasteiger partial charge in [0.05, 0.1) is 0 Å². The molecule has 4 amide bonds. The molecule has 1 unspecified atom stereocenters. The van der Waals surface area contributed by atoms with E-state index in [1.54, 1.807) is 4.90 Å². The molecule has 146 valence electrons. The van der Waals surface area contributed by atoms with Crippen LogP contribution in [0.2, 0.25) is 0 Å². The van der Waals surface area contributed by atoms with Gasteiger partial charge < -0.3 is 15.0 Å². The molecule has 2 saturated heterocycles. The maximum absolute atomic E-state index is 12.8. The van der Waals surface area contributed by atoms with Crippen molar-refractivity contribution >= 4 is 17.8 Å². The van der Waals surface area contributed by atoms with Crippen molar-refractivity contribution in [2.24, 2.45) is 0 Å². The molecular weight excluding hydrogens is 360 g/mol. The molecule has 1 aromatic rings. The van der Waals surface area contributed by atoms with Crippen LogP contribution in [0.25, 0.3) is 0 Å². The van der Waals surface area contributed by atoms with Gasteiger partial charge >= 0.3 is 12.6 Å². The van der Waals surface area contributed by atoms with Crippen molar-refractivity contribution in [2.45, 2.75) is 38.3 Å². The Hall–Kier alpha value is -2.71. The van der Waals surface area contributed by atoms with E-state index >= 15 is 0 Å². The third kappa shape index (κ3) is 3.86. The molecule has 2 heterocycles. The summed E-state index contributed by atoms with van der Waals surface area (Å²) < 4.78 is 28.8. The monoisotopic (exact) mass is 381 g/mol. The molecule has 0 saturated carbocycles. The topological polar surface area (TPSA) is 79.0 Å². The zero-order valence-electron chi connectivity index (χ0n) is 14.9. The lowest BCUT2D eigenvalue weighted by Crippen LogP contribution is -2.45. The molecule has 1 aromatic carbocycles. The standard InChI is InChI=1S/C18H21F2N3O4/c1-18(12-5-7-13(8-6-12)27-16(19)20)15(25)23(17(26)21-18)11-14(24)22-9-3-2-4-10-22/h5-8,16H,2-4,9-11H2,1H3,(H,21,26). The molecule has 0 aromatic heterocycles. The summed E-state index contributed by atoms with van der Waals surface area (Å²) >= 11 is 0. The number of carbonyl (C=O) groups is 3. The Morgan fingerprint density at radius 2 is 1.81 bits per heavy atom. The fourth-order valence-corrected chi connectivity index (χ4v) is 3.38. The molecule has 7 nitrogen and oxygen atoms in total. The molecule has 0 bridgehead atoms. The predicted molar refractivity (Wildman–Crippen MR) is 91.1 cm³/mol. The number of nitrogens with zero attached hydrogens (tertiary/aromatic N) is 2. The van der Waals surface area contributed by atoms with Crippen LogP contribution in [-0.2, 0) is 15.1 Å². The summed E-state index contributed by atoms with van der Waals surface area (Å²) in [6.07, 6.45) is 2.89. The molecule has 1 atom stereocenters. The van der Waals surface area contributed by atoms with Gasteiger partial charge in [-0.15, -0.1) is 0 Å².